The van der Waals surface area contributed by atoms with E-state index in [0.717, 1.165) is 24.2 Å². The number of carbonyl (C=O) groups excluding carboxylic acids is 1. The van der Waals surface area contributed by atoms with Gasteiger partial charge < -0.3 is 0 Å². The smallest absolute Gasteiger partial charge is 0.163 e. The second-order valence-electron chi connectivity index (χ2n) is 4.18. The Balaban J connectivity index is 2.05. The predicted octanol–water partition coefficient (Wildman–Crippen LogP) is 2.64. The summed E-state index contributed by atoms with van der Waals surface area (Å²) in [6, 6.07) is 10.3. The molecule has 0 atom stereocenters. The van der Waals surface area contributed by atoms with Gasteiger partial charge in [-0.1, -0.05) is 30.3 Å². The van der Waals surface area contributed by atoms with Crippen molar-refractivity contribution in [3.05, 3.63) is 53.3 Å². The number of benzene rings is 1. The van der Waals surface area contributed by atoms with Gasteiger partial charge in [0.2, 0.25) is 0 Å². The van der Waals surface area contributed by atoms with Crippen LogP contribution < -0.4 is 0 Å². The SMILES string of the molecule is CC(=O)c1cn(CCc2ccccc2)nc1C. The number of aromatic nitrogens is 2. The van der Waals surface area contributed by atoms with Gasteiger partial charge in [0, 0.05) is 12.7 Å². The van der Waals surface area contributed by atoms with Gasteiger partial charge in [-0.15, -0.1) is 0 Å². The van der Waals surface area contributed by atoms with E-state index in [2.05, 4.69) is 17.2 Å². The minimum Gasteiger partial charge on any atom is -0.294 e. The van der Waals surface area contributed by atoms with E-state index < -0.39 is 0 Å². The standard InChI is InChI=1S/C14H16N2O/c1-11-14(12(2)17)10-16(15-11)9-8-13-6-4-3-5-7-13/h3-7,10H,8-9H2,1-2H3. The van der Waals surface area contributed by atoms with Crippen LogP contribution in [0, 0.1) is 6.92 Å². The van der Waals surface area contributed by atoms with Crippen molar-refractivity contribution in [1.82, 2.24) is 9.78 Å². The van der Waals surface area contributed by atoms with Crippen molar-refractivity contribution >= 4 is 5.78 Å². The Bertz CT molecular complexity index is 514. The first-order valence-corrected chi connectivity index (χ1v) is 5.76. The number of nitrogens with zero attached hydrogens (tertiary/aromatic N) is 2. The fourth-order valence-electron chi connectivity index (χ4n) is 1.87. The normalized spacial score (nSPS) is 10.5. The van der Waals surface area contributed by atoms with Crippen LogP contribution in [0.2, 0.25) is 0 Å². The van der Waals surface area contributed by atoms with Crippen molar-refractivity contribution in [3.8, 4) is 0 Å². The van der Waals surface area contributed by atoms with Crippen molar-refractivity contribution in [1.29, 1.82) is 0 Å². The van der Waals surface area contributed by atoms with E-state index >= 15 is 0 Å². The summed E-state index contributed by atoms with van der Waals surface area (Å²) in [4.78, 5) is 11.3. The third-order valence-electron chi connectivity index (χ3n) is 2.80. The first kappa shape index (κ1) is 11.6. The molecule has 0 amide bonds. The molecule has 0 saturated heterocycles. The lowest BCUT2D eigenvalue weighted by Gasteiger charge is -2.01. The largest absolute Gasteiger partial charge is 0.294 e. The zero-order valence-electron chi connectivity index (χ0n) is 10.2. The zero-order valence-corrected chi connectivity index (χ0v) is 10.2. The molecule has 3 nitrogen and oxygen atoms in total. The van der Waals surface area contributed by atoms with E-state index in [1.807, 2.05) is 36.0 Å². The second kappa shape index (κ2) is 4.95. The van der Waals surface area contributed by atoms with Gasteiger partial charge in [0.1, 0.15) is 0 Å². The molecule has 1 aromatic carbocycles. The number of rotatable bonds is 4. The highest BCUT2D eigenvalue weighted by atomic mass is 16.1. The van der Waals surface area contributed by atoms with E-state index in [1.165, 1.54) is 5.56 Å². The van der Waals surface area contributed by atoms with Crippen LogP contribution in [0.15, 0.2) is 36.5 Å². The van der Waals surface area contributed by atoms with E-state index in [1.54, 1.807) is 6.92 Å². The molecule has 0 bridgehead atoms. The van der Waals surface area contributed by atoms with Gasteiger partial charge in [0.15, 0.2) is 5.78 Å². The molecule has 0 spiro atoms. The van der Waals surface area contributed by atoms with Gasteiger partial charge in [-0.2, -0.15) is 5.10 Å². The predicted molar refractivity (Wildman–Crippen MR) is 67.1 cm³/mol. The first-order chi connectivity index (χ1) is 8.16. The highest BCUT2D eigenvalue weighted by Gasteiger charge is 2.08. The van der Waals surface area contributed by atoms with E-state index in [-0.39, 0.29) is 5.78 Å². The number of Topliss-reactive ketones (excluding diaryl/α,β-unsaturated/α-hetero) is 1. The lowest BCUT2D eigenvalue weighted by atomic mass is 10.1. The van der Waals surface area contributed by atoms with Crippen LogP contribution >= 0.6 is 0 Å². The summed E-state index contributed by atoms with van der Waals surface area (Å²) in [5.41, 5.74) is 2.81. The molecule has 0 saturated carbocycles. The molecular weight excluding hydrogens is 212 g/mol. The molecule has 88 valence electrons. The van der Waals surface area contributed by atoms with Gasteiger partial charge in [0.05, 0.1) is 11.3 Å². The molecule has 1 aromatic heterocycles. The summed E-state index contributed by atoms with van der Waals surface area (Å²) >= 11 is 0. The molecule has 17 heavy (non-hydrogen) atoms. The Labute approximate surface area is 101 Å². The molecule has 2 aromatic rings. The van der Waals surface area contributed by atoms with Gasteiger partial charge in [-0.25, -0.2) is 0 Å². The van der Waals surface area contributed by atoms with Crippen LogP contribution in [-0.4, -0.2) is 15.6 Å². The molecule has 0 fully saturated rings. The fraction of sp³-hybridized carbons (Fsp3) is 0.286. The molecule has 3 heteroatoms. The Morgan fingerprint density at radius 2 is 2.00 bits per heavy atom. The Hall–Kier alpha value is -1.90. The van der Waals surface area contributed by atoms with Crippen LogP contribution in [0.3, 0.4) is 0 Å². The fourth-order valence-corrected chi connectivity index (χ4v) is 1.87. The molecule has 0 unspecified atom stereocenters. The van der Waals surface area contributed by atoms with Crippen LogP contribution in [0.25, 0.3) is 0 Å². The van der Waals surface area contributed by atoms with Crippen LogP contribution in [0.5, 0.6) is 0 Å². The summed E-state index contributed by atoms with van der Waals surface area (Å²) in [6.07, 6.45) is 2.76. The van der Waals surface area contributed by atoms with Crippen LogP contribution in [-0.2, 0) is 13.0 Å². The third kappa shape index (κ3) is 2.81. The Kier molecular flexibility index (Phi) is 3.38. The average Bonchev–Trinajstić information content (AvgIpc) is 2.69. The Morgan fingerprint density at radius 3 is 2.59 bits per heavy atom. The summed E-state index contributed by atoms with van der Waals surface area (Å²) in [5, 5.41) is 4.34. The topological polar surface area (TPSA) is 34.9 Å². The highest BCUT2D eigenvalue weighted by molar-refractivity contribution is 5.94. The van der Waals surface area contributed by atoms with E-state index in [0.29, 0.717) is 0 Å². The van der Waals surface area contributed by atoms with Crippen LogP contribution in [0.4, 0.5) is 0 Å². The lowest BCUT2D eigenvalue weighted by Crippen LogP contribution is -2.01. The van der Waals surface area contributed by atoms with Crippen molar-refractivity contribution in [3.63, 3.8) is 0 Å². The summed E-state index contributed by atoms with van der Waals surface area (Å²) in [6.45, 7) is 4.25. The van der Waals surface area contributed by atoms with Crippen LogP contribution in [0.1, 0.15) is 28.5 Å². The third-order valence-corrected chi connectivity index (χ3v) is 2.80. The first-order valence-electron chi connectivity index (χ1n) is 5.76. The molecule has 0 aliphatic carbocycles. The second-order valence-corrected chi connectivity index (χ2v) is 4.18. The number of hydrogen-bond acceptors (Lipinski definition) is 2. The maximum absolute atomic E-state index is 11.3. The molecule has 0 aliphatic heterocycles. The summed E-state index contributed by atoms with van der Waals surface area (Å²) in [7, 11) is 0. The maximum Gasteiger partial charge on any atom is 0.163 e. The highest BCUT2D eigenvalue weighted by Crippen LogP contribution is 2.08. The monoisotopic (exact) mass is 228 g/mol. The summed E-state index contributed by atoms with van der Waals surface area (Å²) < 4.78 is 1.85. The number of ketones is 1. The Morgan fingerprint density at radius 1 is 1.29 bits per heavy atom. The minimum atomic E-state index is 0.0773. The van der Waals surface area contributed by atoms with Gasteiger partial charge in [-0.05, 0) is 25.8 Å². The molecule has 1 heterocycles. The molecule has 0 N–H and O–H groups in total. The number of carbonyl (C=O) groups is 1. The van der Waals surface area contributed by atoms with E-state index in [9.17, 15) is 4.79 Å². The molecule has 0 aliphatic rings. The maximum atomic E-state index is 11.3. The van der Waals surface area contributed by atoms with Gasteiger partial charge >= 0.3 is 0 Å². The summed E-state index contributed by atoms with van der Waals surface area (Å²) in [5.74, 6) is 0.0773. The van der Waals surface area contributed by atoms with Crippen molar-refractivity contribution in [2.75, 3.05) is 0 Å². The lowest BCUT2D eigenvalue weighted by molar-refractivity contribution is 0.101. The number of aryl methyl sites for hydroxylation is 3. The zero-order chi connectivity index (χ0) is 12.3. The van der Waals surface area contributed by atoms with E-state index in [4.69, 9.17) is 0 Å². The van der Waals surface area contributed by atoms with Crippen molar-refractivity contribution in [2.24, 2.45) is 0 Å². The quantitative estimate of drug-likeness (QED) is 0.754. The van der Waals surface area contributed by atoms with Crippen molar-refractivity contribution < 1.29 is 4.79 Å². The van der Waals surface area contributed by atoms with Crippen molar-refractivity contribution in [2.45, 2.75) is 26.8 Å². The molecular formula is C14H16N2O. The molecule has 0 radical (unpaired) electrons. The minimum absolute atomic E-state index is 0.0773. The number of hydrogen-bond donors (Lipinski definition) is 0. The van der Waals surface area contributed by atoms with Gasteiger partial charge in [-0.3, -0.25) is 9.48 Å². The molecule has 2 rings (SSSR count). The van der Waals surface area contributed by atoms with Gasteiger partial charge in [0.25, 0.3) is 0 Å². The average molecular weight is 228 g/mol.